The van der Waals surface area contributed by atoms with E-state index in [1.807, 2.05) is 6.92 Å². The summed E-state index contributed by atoms with van der Waals surface area (Å²) in [4.78, 5) is 10.5. The number of carbonyl (C=O) groups excluding carboxylic acids is 1. The van der Waals surface area contributed by atoms with Gasteiger partial charge in [0.05, 0.1) is 26.9 Å². The lowest BCUT2D eigenvalue weighted by molar-refractivity contribution is 0.0537. The highest BCUT2D eigenvalue weighted by Gasteiger charge is 1.95. The first-order chi connectivity index (χ1) is 6.31. The molecule has 0 rings (SSSR count). The minimum atomic E-state index is -0.437. The van der Waals surface area contributed by atoms with Crippen LogP contribution in [0.15, 0.2) is 0 Å². The van der Waals surface area contributed by atoms with Crippen LogP contribution in [0.1, 0.15) is 6.92 Å². The van der Waals surface area contributed by atoms with Gasteiger partial charge in [-0.25, -0.2) is 4.79 Å². The number of nitrogens with one attached hydrogen (secondary N) is 1. The van der Waals surface area contributed by atoms with E-state index in [0.29, 0.717) is 33.0 Å². The fourth-order valence-corrected chi connectivity index (χ4v) is 0.662. The number of alkyl carbamates (subject to hydrolysis) is 1. The van der Waals surface area contributed by atoms with Crippen molar-refractivity contribution in [3.63, 3.8) is 0 Å². The molecule has 1 amide bonds. The first kappa shape index (κ1) is 12.2. The molecule has 0 spiro atoms. The van der Waals surface area contributed by atoms with Crippen molar-refractivity contribution in [2.24, 2.45) is 0 Å². The van der Waals surface area contributed by atoms with Gasteiger partial charge in [-0.05, 0) is 6.92 Å². The van der Waals surface area contributed by atoms with Gasteiger partial charge < -0.3 is 19.5 Å². The zero-order chi connectivity index (χ0) is 9.94. The summed E-state index contributed by atoms with van der Waals surface area (Å²) in [7, 11) is 1.32. The SMILES string of the molecule is CCOCCOCCNC(=O)OC. The van der Waals surface area contributed by atoms with E-state index in [1.54, 1.807) is 0 Å². The molecule has 5 nitrogen and oxygen atoms in total. The Bertz CT molecular complexity index is 129. The van der Waals surface area contributed by atoms with Gasteiger partial charge in [-0.3, -0.25) is 0 Å². The second kappa shape index (κ2) is 9.28. The number of methoxy groups -OCH3 is 1. The van der Waals surface area contributed by atoms with Crippen molar-refractivity contribution in [3.8, 4) is 0 Å². The Morgan fingerprint density at radius 1 is 1.23 bits per heavy atom. The molecule has 0 fully saturated rings. The van der Waals surface area contributed by atoms with Gasteiger partial charge in [0, 0.05) is 13.2 Å². The van der Waals surface area contributed by atoms with Gasteiger partial charge in [-0.2, -0.15) is 0 Å². The summed E-state index contributed by atoms with van der Waals surface area (Å²) < 4.78 is 14.5. The molecule has 78 valence electrons. The smallest absolute Gasteiger partial charge is 0.406 e. The van der Waals surface area contributed by atoms with E-state index in [0.717, 1.165) is 0 Å². The Morgan fingerprint density at radius 2 is 1.92 bits per heavy atom. The molecule has 0 saturated heterocycles. The van der Waals surface area contributed by atoms with E-state index >= 15 is 0 Å². The van der Waals surface area contributed by atoms with Crippen LogP contribution in [0.25, 0.3) is 0 Å². The standard InChI is InChI=1S/C8H17NO4/c1-3-12-6-7-13-5-4-9-8(10)11-2/h3-7H2,1-2H3,(H,9,10). The second-order valence-electron chi connectivity index (χ2n) is 2.23. The highest BCUT2D eigenvalue weighted by molar-refractivity contribution is 5.66. The average Bonchev–Trinajstić information content (AvgIpc) is 2.16. The molecule has 5 heteroatoms. The number of amides is 1. The summed E-state index contributed by atoms with van der Waals surface area (Å²) >= 11 is 0. The van der Waals surface area contributed by atoms with Crippen molar-refractivity contribution in [2.75, 3.05) is 40.1 Å². The molecule has 0 atom stereocenters. The van der Waals surface area contributed by atoms with E-state index in [4.69, 9.17) is 9.47 Å². The Hall–Kier alpha value is -0.810. The molecule has 0 aromatic heterocycles. The van der Waals surface area contributed by atoms with Crippen LogP contribution in [-0.4, -0.2) is 46.2 Å². The lowest BCUT2D eigenvalue weighted by Gasteiger charge is -2.05. The Kier molecular flexibility index (Phi) is 8.70. The molecule has 0 aliphatic rings. The Balaban J connectivity index is 2.95. The third kappa shape index (κ3) is 9.10. The minimum Gasteiger partial charge on any atom is -0.453 e. The number of hydrogen-bond donors (Lipinski definition) is 1. The fourth-order valence-electron chi connectivity index (χ4n) is 0.662. The highest BCUT2D eigenvalue weighted by Crippen LogP contribution is 1.78. The molecule has 0 radical (unpaired) electrons. The molecular weight excluding hydrogens is 174 g/mol. The van der Waals surface area contributed by atoms with Crippen LogP contribution in [0.2, 0.25) is 0 Å². The molecule has 13 heavy (non-hydrogen) atoms. The van der Waals surface area contributed by atoms with Crippen LogP contribution >= 0.6 is 0 Å². The zero-order valence-corrected chi connectivity index (χ0v) is 8.17. The summed E-state index contributed by atoms with van der Waals surface area (Å²) in [5.74, 6) is 0. The molecule has 0 aromatic rings. The van der Waals surface area contributed by atoms with E-state index in [-0.39, 0.29) is 0 Å². The van der Waals surface area contributed by atoms with Crippen LogP contribution < -0.4 is 5.32 Å². The van der Waals surface area contributed by atoms with Gasteiger partial charge in [-0.1, -0.05) is 0 Å². The number of ether oxygens (including phenoxy) is 3. The molecule has 0 unspecified atom stereocenters. The lowest BCUT2D eigenvalue weighted by atomic mass is 10.6. The first-order valence-corrected chi connectivity index (χ1v) is 4.28. The predicted octanol–water partition coefficient (Wildman–Crippen LogP) is 0.396. The van der Waals surface area contributed by atoms with Gasteiger partial charge >= 0.3 is 6.09 Å². The van der Waals surface area contributed by atoms with Gasteiger partial charge in [-0.15, -0.1) is 0 Å². The van der Waals surface area contributed by atoms with E-state index in [2.05, 4.69) is 10.1 Å². The largest absolute Gasteiger partial charge is 0.453 e. The van der Waals surface area contributed by atoms with Gasteiger partial charge in [0.25, 0.3) is 0 Å². The summed E-state index contributed by atoms with van der Waals surface area (Å²) in [6, 6.07) is 0. The Labute approximate surface area is 78.3 Å². The maximum Gasteiger partial charge on any atom is 0.406 e. The third-order valence-electron chi connectivity index (χ3n) is 1.28. The van der Waals surface area contributed by atoms with E-state index < -0.39 is 6.09 Å². The minimum absolute atomic E-state index is 0.437. The van der Waals surface area contributed by atoms with Crippen molar-refractivity contribution in [2.45, 2.75) is 6.92 Å². The maximum absolute atomic E-state index is 10.5. The summed E-state index contributed by atoms with van der Waals surface area (Å²) in [6.07, 6.45) is -0.437. The quantitative estimate of drug-likeness (QED) is 0.592. The monoisotopic (exact) mass is 191 g/mol. The van der Waals surface area contributed by atoms with Crippen molar-refractivity contribution in [3.05, 3.63) is 0 Å². The first-order valence-electron chi connectivity index (χ1n) is 4.28. The molecule has 0 aliphatic heterocycles. The third-order valence-corrected chi connectivity index (χ3v) is 1.28. The van der Waals surface area contributed by atoms with Crippen molar-refractivity contribution in [1.82, 2.24) is 5.32 Å². The van der Waals surface area contributed by atoms with Crippen molar-refractivity contribution < 1.29 is 19.0 Å². The van der Waals surface area contributed by atoms with Crippen LogP contribution in [0.5, 0.6) is 0 Å². The highest BCUT2D eigenvalue weighted by atomic mass is 16.5. The van der Waals surface area contributed by atoms with Crippen LogP contribution in [0.4, 0.5) is 4.79 Å². The van der Waals surface area contributed by atoms with Gasteiger partial charge in [0.15, 0.2) is 0 Å². The van der Waals surface area contributed by atoms with E-state index in [9.17, 15) is 4.79 Å². The topological polar surface area (TPSA) is 56.8 Å². The normalized spacial score (nSPS) is 9.69. The van der Waals surface area contributed by atoms with Crippen LogP contribution in [-0.2, 0) is 14.2 Å². The van der Waals surface area contributed by atoms with Gasteiger partial charge in [0.2, 0.25) is 0 Å². The summed E-state index contributed by atoms with van der Waals surface area (Å²) in [5.41, 5.74) is 0. The average molecular weight is 191 g/mol. The predicted molar refractivity (Wildman–Crippen MR) is 47.7 cm³/mol. The number of carbonyl (C=O) groups is 1. The number of hydrogen-bond acceptors (Lipinski definition) is 4. The summed E-state index contributed by atoms with van der Waals surface area (Å²) in [5, 5.41) is 2.50. The number of rotatable bonds is 7. The Morgan fingerprint density at radius 3 is 2.54 bits per heavy atom. The summed E-state index contributed by atoms with van der Waals surface area (Å²) in [6.45, 7) is 4.70. The molecule has 0 bridgehead atoms. The molecule has 0 aliphatic carbocycles. The molecule has 0 saturated carbocycles. The zero-order valence-electron chi connectivity index (χ0n) is 8.17. The fraction of sp³-hybridized carbons (Fsp3) is 0.875. The molecule has 1 N–H and O–H groups in total. The van der Waals surface area contributed by atoms with E-state index in [1.165, 1.54) is 7.11 Å². The molecule has 0 aromatic carbocycles. The van der Waals surface area contributed by atoms with Crippen molar-refractivity contribution >= 4 is 6.09 Å². The van der Waals surface area contributed by atoms with Crippen LogP contribution in [0.3, 0.4) is 0 Å². The molecular formula is C8H17NO4. The second-order valence-corrected chi connectivity index (χ2v) is 2.23. The van der Waals surface area contributed by atoms with Crippen LogP contribution in [0, 0.1) is 0 Å². The van der Waals surface area contributed by atoms with Crippen molar-refractivity contribution in [1.29, 1.82) is 0 Å². The lowest BCUT2D eigenvalue weighted by Crippen LogP contribution is -2.27. The molecule has 0 heterocycles. The maximum atomic E-state index is 10.5. The van der Waals surface area contributed by atoms with Gasteiger partial charge in [0.1, 0.15) is 0 Å².